The third-order valence-corrected chi connectivity index (χ3v) is 3.82. The summed E-state index contributed by atoms with van der Waals surface area (Å²) in [6, 6.07) is 7.76. The van der Waals surface area contributed by atoms with E-state index in [0.29, 0.717) is 31.3 Å². The summed E-state index contributed by atoms with van der Waals surface area (Å²) >= 11 is 0. The van der Waals surface area contributed by atoms with Crippen LogP contribution in [0.1, 0.15) is 10.4 Å². The first-order valence-corrected chi connectivity index (χ1v) is 8.18. The maximum atomic E-state index is 12.5. The molecule has 25 heavy (non-hydrogen) atoms. The molecule has 7 nitrogen and oxygen atoms in total. The van der Waals surface area contributed by atoms with Crippen molar-refractivity contribution in [3.05, 3.63) is 54.9 Å². The first-order valence-electron chi connectivity index (χ1n) is 8.18. The van der Waals surface area contributed by atoms with Crippen LogP contribution in [0.5, 0.6) is 0 Å². The molecule has 1 aliphatic rings. The fourth-order valence-corrected chi connectivity index (χ4v) is 2.55. The Hall–Kier alpha value is -2.93. The lowest BCUT2D eigenvalue weighted by Gasteiger charge is -2.30. The molecule has 1 aromatic carbocycles. The van der Waals surface area contributed by atoms with Crippen LogP contribution in [0.25, 0.3) is 0 Å². The van der Waals surface area contributed by atoms with Gasteiger partial charge in [0.2, 0.25) is 5.95 Å². The SMILES string of the molecule is C=CCNc1ncc(C(=O)Nc2ccccc2N2CCOCC2)cn1. The van der Waals surface area contributed by atoms with Gasteiger partial charge in [0.15, 0.2) is 0 Å². The van der Waals surface area contributed by atoms with Crippen molar-refractivity contribution < 1.29 is 9.53 Å². The second-order valence-electron chi connectivity index (χ2n) is 5.54. The molecule has 2 N–H and O–H groups in total. The molecule has 7 heteroatoms. The molecule has 0 unspecified atom stereocenters. The highest BCUT2D eigenvalue weighted by molar-refractivity contribution is 6.05. The molecule has 0 atom stereocenters. The number of aromatic nitrogens is 2. The summed E-state index contributed by atoms with van der Waals surface area (Å²) in [4.78, 5) is 23.0. The van der Waals surface area contributed by atoms with E-state index in [1.165, 1.54) is 12.4 Å². The number of para-hydroxylation sites is 2. The Morgan fingerprint density at radius 3 is 2.68 bits per heavy atom. The minimum Gasteiger partial charge on any atom is -0.378 e. The van der Waals surface area contributed by atoms with Crippen LogP contribution in [0.2, 0.25) is 0 Å². The Bertz CT molecular complexity index is 727. The highest BCUT2D eigenvalue weighted by atomic mass is 16.5. The van der Waals surface area contributed by atoms with Gasteiger partial charge in [-0.3, -0.25) is 4.79 Å². The molecular weight excluding hydrogens is 318 g/mol. The summed E-state index contributed by atoms with van der Waals surface area (Å²) < 4.78 is 5.39. The summed E-state index contributed by atoms with van der Waals surface area (Å²) in [5.74, 6) is 0.223. The fourth-order valence-electron chi connectivity index (χ4n) is 2.55. The van der Waals surface area contributed by atoms with E-state index < -0.39 is 0 Å². The largest absolute Gasteiger partial charge is 0.378 e. The lowest BCUT2D eigenvalue weighted by Crippen LogP contribution is -2.36. The smallest absolute Gasteiger partial charge is 0.258 e. The Morgan fingerprint density at radius 1 is 1.24 bits per heavy atom. The number of hydrogen-bond acceptors (Lipinski definition) is 6. The van der Waals surface area contributed by atoms with Gasteiger partial charge < -0.3 is 20.3 Å². The van der Waals surface area contributed by atoms with Crippen molar-refractivity contribution in [1.82, 2.24) is 9.97 Å². The van der Waals surface area contributed by atoms with Crippen LogP contribution in [0.15, 0.2) is 49.3 Å². The van der Waals surface area contributed by atoms with Crippen molar-refractivity contribution >= 4 is 23.2 Å². The van der Waals surface area contributed by atoms with E-state index in [1.807, 2.05) is 24.3 Å². The molecule has 130 valence electrons. The van der Waals surface area contributed by atoms with Crippen LogP contribution >= 0.6 is 0 Å². The quantitative estimate of drug-likeness (QED) is 0.785. The van der Waals surface area contributed by atoms with Gasteiger partial charge in [0.05, 0.1) is 30.2 Å². The number of ether oxygens (including phenoxy) is 1. The van der Waals surface area contributed by atoms with Crippen LogP contribution in [0.4, 0.5) is 17.3 Å². The molecule has 0 radical (unpaired) electrons. The summed E-state index contributed by atoms with van der Waals surface area (Å²) in [5, 5.41) is 5.92. The van der Waals surface area contributed by atoms with E-state index in [4.69, 9.17) is 4.74 Å². The molecule has 2 aromatic rings. The highest BCUT2D eigenvalue weighted by Crippen LogP contribution is 2.26. The molecule has 2 heterocycles. The summed E-state index contributed by atoms with van der Waals surface area (Å²) in [5.41, 5.74) is 2.16. The van der Waals surface area contributed by atoms with Crippen molar-refractivity contribution in [3.63, 3.8) is 0 Å². The molecule has 1 amide bonds. The minimum atomic E-state index is -0.240. The van der Waals surface area contributed by atoms with E-state index >= 15 is 0 Å². The number of benzene rings is 1. The zero-order chi connectivity index (χ0) is 17.5. The standard InChI is InChI=1S/C18H21N5O2/c1-2-7-19-18-20-12-14(13-21-18)17(24)22-15-5-3-4-6-16(15)23-8-10-25-11-9-23/h2-6,12-13H,1,7-11H2,(H,22,24)(H,19,20,21). The maximum Gasteiger partial charge on any atom is 0.258 e. The number of morpholine rings is 1. The van der Waals surface area contributed by atoms with E-state index in [0.717, 1.165) is 24.5 Å². The normalized spacial score (nSPS) is 14.0. The predicted octanol–water partition coefficient (Wildman–Crippen LogP) is 2.16. The molecule has 0 bridgehead atoms. The second-order valence-corrected chi connectivity index (χ2v) is 5.54. The average Bonchev–Trinajstić information content (AvgIpc) is 2.68. The number of nitrogens with zero attached hydrogens (tertiary/aromatic N) is 3. The summed E-state index contributed by atoms with van der Waals surface area (Å²) in [7, 11) is 0. The molecule has 0 spiro atoms. The molecule has 1 aliphatic heterocycles. The maximum absolute atomic E-state index is 12.5. The van der Waals surface area contributed by atoms with Crippen LogP contribution in [0, 0.1) is 0 Å². The Morgan fingerprint density at radius 2 is 1.96 bits per heavy atom. The van der Waals surface area contributed by atoms with Crippen molar-refractivity contribution in [1.29, 1.82) is 0 Å². The molecular formula is C18H21N5O2. The van der Waals surface area contributed by atoms with Crippen molar-refractivity contribution in [2.24, 2.45) is 0 Å². The van der Waals surface area contributed by atoms with Gasteiger partial charge in [-0.1, -0.05) is 18.2 Å². The Labute approximate surface area is 146 Å². The minimum absolute atomic E-state index is 0.240. The lowest BCUT2D eigenvalue weighted by atomic mass is 10.2. The van der Waals surface area contributed by atoms with Crippen LogP contribution in [-0.2, 0) is 4.74 Å². The first-order chi connectivity index (χ1) is 12.3. The van der Waals surface area contributed by atoms with E-state index in [-0.39, 0.29) is 5.91 Å². The number of amides is 1. The predicted molar refractivity (Wildman–Crippen MR) is 98.1 cm³/mol. The van der Waals surface area contributed by atoms with Gasteiger partial charge in [0.1, 0.15) is 0 Å². The number of nitrogens with one attached hydrogen (secondary N) is 2. The van der Waals surface area contributed by atoms with Crippen LogP contribution in [0.3, 0.4) is 0 Å². The van der Waals surface area contributed by atoms with Gasteiger partial charge in [-0.15, -0.1) is 6.58 Å². The molecule has 1 saturated heterocycles. The number of carbonyl (C=O) groups is 1. The van der Waals surface area contributed by atoms with Gasteiger partial charge in [-0.05, 0) is 12.1 Å². The zero-order valence-corrected chi connectivity index (χ0v) is 13.9. The zero-order valence-electron chi connectivity index (χ0n) is 13.9. The number of carbonyl (C=O) groups excluding carboxylic acids is 1. The third kappa shape index (κ3) is 4.33. The molecule has 3 rings (SSSR count). The third-order valence-electron chi connectivity index (χ3n) is 3.82. The van der Waals surface area contributed by atoms with Gasteiger partial charge in [0, 0.05) is 32.0 Å². The van der Waals surface area contributed by atoms with Crippen LogP contribution in [-0.4, -0.2) is 48.7 Å². The number of hydrogen-bond donors (Lipinski definition) is 2. The molecule has 0 aliphatic carbocycles. The van der Waals surface area contributed by atoms with Crippen LogP contribution < -0.4 is 15.5 Å². The lowest BCUT2D eigenvalue weighted by molar-refractivity contribution is 0.102. The van der Waals surface area contributed by atoms with Gasteiger partial charge in [-0.25, -0.2) is 9.97 Å². The molecule has 1 aromatic heterocycles. The topological polar surface area (TPSA) is 79.4 Å². The van der Waals surface area contributed by atoms with Gasteiger partial charge in [-0.2, -0.15) is 0 Å². The second kappa shape index (κ2) is 8.25. The van der Waals surface area contributed by atoms with Crippen molar-refractivity contribution in [2.45, 2.75) is 0 Å². The summed E-state index contributed by atoms with van der Waals surface area (Å²) in [6.07, 6.45) is 4.72. The fraction of sp³-hybridized carbons (Fsp3) is 0.278. The van der Waals surface area contributed by atoms with E-state index in [9.17, 15) is 4.79 Å². The van der Waals surface area contributed by atoms with Gasteiger partial charge >= 0.3 is 0 Å². The van der Waals surface area contributed by atoms with E-state index in [2.05, 4.69) is 32.1 Å². The number of rotatable bonds is 6. The van der Waals surface area contributed by atoms with E-state index in [1.54, 1.807) is 6.08 Å². The Kier molecular flexibility index (Phi) is 5.58. The molecule has 0 saturated carbocycles. The first kappa shape index (κ1) is 16.9. The summed E-state index contributed by atoms with van der Waals surface area (Å²) in [6.45, 7) is 7.18. The van der Waals surface area contributed by atoms with Crippen molar-refractivity contribution in [2.75, 3.05) is 48.4 Å². The van der Waals surface area contributed by atoms with Crippen molar-refractivity contribution in [3.8, 4) is 0 Å². The van der Waals surface area contributed by atoms with Gasteiger partial charge in [0.25, 0.3) is 5.91 Å². The monoisotopic (exact) mass is 339 g/mol. The molecule has 1 fully saturated rings. The highest BCUT2D eigenvalue weighted by Gasteiger charge is 2.16. The Balaban J connectivity index is 1.71. The number of anilines is 3. The average molecular weight is 339 g/mol.